The number of nitrogens with one attached hydrogen (secondary N) is 2. The molecule has 33 heavy (non-hydrogen) atoms. The summed E-state index contributed by atoms with van der Waals surface area (Å²) in [4.78, 5) is 24.0. The number of ether oxygens (including phenoxy) is 1. The number of rotatable bonds is 11. The summed E-state index contributed by atoms with van der Waals surface area (Å²) >= 11 is 1.54. The van der Waals surface area contributed by atoms with Gasteiger partial charge in [0, 0.05) is 5.75 Å². The van der Waals surface area contributed by atoms with Crippen molar-refractivity contribution < 1.29 is 14.3 Å². The smallest absolute Gasteiger partial charge is 0.258 e. The third-order valence-corrected chi connectivity index (χ3v) is 5.68. The van der Waals surface area contributed by atoms with Gasteiger partial charge in [-0.15, -0.1) is 11.8 Å². The second kappa shape index (κ2) is 13.1. The van der Waals surface area contributed by atoms with Crippen LogP contribution in [0.5, 0.6) is 5.75 Å². The van der Waals surface area contributed by atoms with Crippen molar-refractivity contribution in [3.8, 4) is 5.75 Å². The molecule has 0 aliphatic rings. The molecule has 3 aromatic rings. The molecule has 0 heterocycles. The Morgan fingerprint density at radius 2 is 1.61 bits per heavy atom. The van der Waals surface area contributed by atoms with Crippen LogP contribution in [0.2, 0.25) is 0 Å². The molecule has 0 aliphatic heterocycles. The molecule has 1 atom stereocenters. The van der Waals surface area contributed by atoms with Gasteiger partial charge in [0.2, 0.25) is 5.91 Å². The fraction of sp³-hybridized carbons (Fsp3) is 0.192. The van der Waals surface area contributed by atoms with Crippen molar-refractivity contribution >= 4 is 29.8 Å². The van der Waals surface area contributed by atoms with E-state index >= 15 is 0 Å². The number of nitrogens with zero attached hydrogens (tertiary/aromatic N) is 1. The highest BCUT2D eigenvalue weighted by Gasteiger charge is 2.09. The summed E-state index contributed by atoms with van der Waals surface area (Å²) in [5.74, 6) is 1.36. The van der Waals surface area contributed by atoms with E-state index in [-0.39, 0.29) is 24.5 Å². The maximum atomic E-state index is 12.1. The van der Waals surface area contributed by atoms with E-state index in [1.807, 2.05) is 67.6 Å². The highest BCUT2D eigenvalue weighted by Crippen LogP contribution is 2.13. The molecule has 3 rings (SSSR count). The Hall–Kier alpha value is -3.58. The monoisotopic (exact) mass is 461 g/mol. The zero-order chi connectivity index (χ0) is 23.3. The van der Waals surface area contributed by atoms with Crippen molar-refractivity contribution in [2.75, 3.05) is 12.4 Å². The van der Waals surface area contributed by atoms with Gasteiger partial charge in [0.05, 0.1) is 18.0 Å². The number of hydrogen-bond donors (Lipinski definition) is 2. The summed E-state index contributed by atoms with van der Waals surface area (Å²) in [6, 6.07) is 26.8. The van der Waals surface area contributed by atoms with E-state index in [2.05, 4.69) is 15.8 Å². The van der Waals surface area contributed by atoms with Crippen molar-refractivity contribution in [1.82, 2.24) is 10.7 Å². The Bertz CT molecular complexity index is 1040. The van der Waals surface area contributed by atoms with Crippen LogP contribution in [0.4, 0.5) is 0 Å². The fourth-order valence-electron chi connectivity index (χ4n) is 2.95. The molecule has 0 radical (unpaired) electrons. The van der Waals surface area contributed by atoms with Gasteiger partial charge >= 0.3 is 0 Å². The summed E-state index contributed by atoms with van der Waals surface area (Å²) in [5, 5.41) is 6.90. The van der Waals surface area contributed by atoms with Crippen LogP contribution in [0.15, 0.2) is 90.0 Å². The van der Waals surface area contributed by atoms with Crippen LogP contribution in [0, 0.1) is 0 Å². The second-order valence-electron chi connectivity index (χ2n) is 7.33. The number of carbonyl (C=O) groups is 2. The molecular formula is C26H27N3O3S. The van der Waals surface area contributed by atoms with Gasteiger partial charge in [0.25, 0.3) is 5.91 Å². The molecule has 0 spiro atoms. The van der Waals surface area contributed by atoms with Crippen LogP contribution in [-0.4, -0.2) is 30.4 Å². The molecule has 0 aromatic heterocycles. The lowest BCUT2D eigenvalue weighted by Crippen LogP contribution is -2.31. The third-order valence-electron chi connectivity index (χ3n) is 4.67. The molecule has 0 fully saturated rings. The van der Waals surface area contributed by atoms with E-state index in [4.69, 9.17) is 4.74 Å². The molecule has 170 valence electrons. The van der Waals surface area contributed by atoms with E-state index in [1.165, 1.54) is 17.3 Å². The normalized spacial score (nSPS) is 11.7. The van der Waals surface area contributed by atoms with Crippen LogP contribution in [0.1, 0.15) is 29.7 Å². The Morgan fingerprint density at radius 3 is 2.30 bits per heavy atom. The quantitative estimate of drug-likeness (QED) is 0.329. The maximum absolute atomic E-state index is 12.1. The molecule has 3 aromatic carbocycles. The first-order chi connectivity index (χ1) is 16.1. The molecule has 2 N–H and O–H groups in total. The van der Waals surface area contributed by atoms with Gasteiger partial charge in [-0.2, -0.15) is 5.10 Å². The zero-order valence-corrected chi connectivity index (χ0v) is 19.3. The largest absolute Gasteiger partial charge is 0.484 e. The third kappa shape index (κ3) is 8.82. The minimum Gasteiger partial charge on any atom is -0.484 e. The summed E-state index contributed by atoms with van der Waals surface area (Å²) in [7, 11) is 0. The SMILES string of the molecule is C[C@@H](NC(=O)COc1ccc(/C=N\NC(=O)CSCc2ccccc2)cc1)c1ccccc1. The lowest BCUT2D eigenvalue weighted by Gasteiger charge is -2.14. The van der Waals surface area contributed by atoms with Crippen LogP contribution >= 0.6 is 11.8 Å². The van der Waals surface area contributed by atoms with Crippen molar-refractivity contribution in [3.63, 3.8) is 0 Å². The first-order valence-corrected chi connectivity index (χ1v) is 11.8. The molecule has 0 saturated carbocycles. The van der Waals surface area contributed by atoms with Crippen molar-refractivity contribution in [3.05, 3.63) is 102 Å². The number of hydrazone groups is 1. The number of thioether (sulfide) groups is 1. The highest BCUT2D eigenvalue weighted by atomic mass is 32.2. The molecule has 0 unspecified atom stereocenters. The number of amides is 2. The number of carbonyl (C=O) groups excluding carboxylic acids is 2. The predicted molar refractivity (Wildman–Crippen MR) is 133 cm³/mol. The topological polar surface area (TPSA) is 79.8 Å². The lowest BCUT2D eigenvalue weighted by molar-refractivity contribution is -0.123. The maximum Gasteiger partial charge on any atom is 0.258 e. The molecular weight excluding hydrogens is 434 g/mol. The highest BCUT2D eigenvalue weighted by molar-refractivity contribution is 7.99. The first-order valence-electron chi connectivity index (χ1n) is 10.6. The fourth-order valence-corrected chi connectivity index (χ4v) is 3.73. The minimum atomic E-state index is -0.190. The summed E-state index contributed by atoms with van der Waals surface area (Å²) in [5.41, 5.74) is 5.56. The Balaban J connectivity index is 1.35. The molecule has 6 nitrogen and oxygen atoms in total. The average molecular weight is 462 g/mol. The van der Waals surface area contributed by atoms with Gasteiger partial charge in [0.15, 0.2) is 6.61 Å². The van der Waals surface area contributed by atoms with Crippen LogP contribution in [-0.2, 0) is 15.3 Å². The van der Waals surface area contributed by atoms with Gasteiger partial charge < -0.3 is 10.1 Å². The summed E-state index contributed by atoms with van der Waals surface area (Å²) < 4.78 is 5.55. The first kappa shape index (κ1) is 24.1. The van der Waals surface area contributed by atoms with Gasteiger partial charge in [0.1, 0.15) is 5.75 Å². The van der Waals surface area contributed by atoms with E-state index in [0.717, 1.165) is 16.9 Å². The standard InChI is InChI=1S/C26H27N3O3S/c1-20(23-10-6-3-7-11-23)28-25(30)17-32-24-14-12-21(13-15-24)16-27-29-26(31)19-33-18-22-8-4-2-5-9-22/h2-16,20H,17-19H2,1H3,(H,28,30)(H,29,31)/b27-16-/t20-/m1/s1. The Labute approximate surface area is 198 Å². The van der Waals surface area contributed by atoms with E-state index in [1.54, 1.807) is 30.5 Å². The van der Waals surface area contributed by atoms with E-state index in [0.29, 0.717) is 11.5 Å². The zero-order valence-electron chi connectivity index (χ0n) is 18.4. The molecule has 0 bridgehead atoms. The molecule has 0 aliphatic carbocycles. The van der Waals surface area contributed by atoms with Gasteiger partial charge in [-0.05, 0) is 47.9 Å². The number of hydrogen-bond acceptors (Lipinski definition) is 5. The van der Waals surface area contributed by atoms with Gasteiger partial charge in [-0.3, -0.25) is 9.59 Å². The number of benzene rings is 3. The van der Waals surface area contributed by atoms with Crippen LogP contribution in [0.25, 0.3) is 0 Å². The van der Waals surface area contributed by atoms with Crippen molar-refractivity contribution in [2.24, 2.45) is 5.10 Å². The van der Waals surface area contributed by atoms with E-state index < -0.39 is 0 Å². The Morgan fingerprint density at radius 1 is 0.939 bits per heavy atom. The van der Waals surface area contributed by atoms with Crippen LogP contribution in [0.3, 0.4) is 0 Å². The Kier molecular flexibility index (Phi) is 9.54. The molecule has 7 heteroatoms. The lowest BCUT2D eigenvalue weighted by atomic mass is 10.1. The average Bonchev–Trinajstić information content (AvgIpc) is 2.85. The van der Waals surface area contributed by atoms with Crippen molar-refractivity contribution in [2.45, 2.75) is 18.7 Å². The van der Waals surface area contributed by atoms with Crippen LogP contribution < -0.4 is 15.5 Å². The predicted octanol–water partition coefficient (Wildman–Crippen LogP) is 4.33. The summed E-state index contributed by atoms with van der Waals surface area (Å²) in [6.45, 7) is 1.86. The molecule has 0 saturated heterocycles. The molecule has 2 amide bonds. The second-order valence-corrected chi connectivity index (χ2v) is 8.31. The van der Waals surface area contributed by atoms with Gasteiger partial charge in [-0.1, -0.05) is 60.7 Å². The van der Waals surface area contributed by atoms with E-state index in [9.17, 15) is 9.59 Å². The van der Waals surface area contributed by atoms with Crippen molar-refractivity contribution in [1.29, 1.82) is 0 Å². The minimum absolute atomic E-state index is 0.0681. The van der Waals surface area contributed by atoms with Gasteiger partial charge in [-0.25, -0.2) is 5.43 Å². The summed E-state index contributed by atoms with van der Waals surface area (Å²) in [6.07, 6.45) is 1.57.